The molecule has 17 heavy (non-hydrogen) atoms. The van der Waals surface area contributed by atoms with Crippen LogP contribution in [0.1, 0.15) is 31.0 Å². The molecule has 3 nitrogen and oxygen atoms in total. The maximum absolute atomic E-state index is 11.9. The first-order valence-corrected chi connectivity index (χ1v) is 5.97. The molecule has 1 aliphatic carbocycles. The zero-order valence-corrected chi connectivity index (χ0v) is 10.4. The fourth-order valence-electron chi connectivity index (χ4n) is 1.28. The van der Waals surface area contributed by atoms with E-state index in [0.29, 0.717) is 16.3 Å². The maximum atomic E-state index is 11.9. The minimum atomic E-state index is -4.20. The predicted molar refractivity (Wildman–Crippen MR) is 57.9 cm³/mol. The van der Waals surface area contributed by atoms with Crippen molar-refractivity contribution in [3.8, 4) is 5.88 Å². The largest absolute Gasteiger partial charge is 0.477 e. The number of hydrogen-bond donors (Lipinski definition) is 0. The van der Waals surface area contributed by atoms with Gasteiger partial charge in [0.1, 0.15) is 10.4 Å². The lowest BCUT2D eigenvalue weighted by Gasteiger charge is -2.08. The summed E-state index contributed by atoms with van der Waals surface area (Å²) >= 11 is 3.19. The summed E-state index contributed by atoms with van der Waals surface area (Å²) in [5, 5.41) is 0. The lowest BCUT2D eigenvalue weighted by molar-refractivity contribution is -0.139. The average Bonchev–Trinajstić information content (AvgIpc) is 2.97. The zero-order chi connectivity index (χ0) is 12.5. The van der Waals surface area contributed by atoms with E-state index in [2.05, 4.69) is 25.9 Å². The van der Waals surface area contributed by atoms with Crippen LogP contribution in [0.4, 0.5) is 13.2 Å². The molecule has 1 heterocycles. The summed E-state index contributed by atoms with van der Waals surface area (Å²) in [6.07, 6.45) is -3.13. The monoisotopic (exact) mass is 310 g/mol. The number of ether oxygens (including phenoxy) is 1. The second kappa shape index (κ2) is 4.80. The molecule has 1 aliphatic rings. The molecule has 1 saturated carbocycles. The first-order chi connectivity index (χ1) is 7.94. The molecule has 0 spiro atoms. The molecule has 1 aromatic rings. The first kappa shape index (κ1) is 12.6. The molecular formula is C10H10BrF3N2O. The quantitative estimate of drug-likeness (QED) is 0.799. The van der Waals surface area contributed by atoms with Crippen LogP contribution in [-0.4, -0.2) is 22.8 Å². The third-order valence-electron chi connectivity index (χ3n) is 2.27. The van der Waals surface area contributed by atoms with Crippen LogP contribution in [0.15, 0.2) is 10.7 Å². The Morgan fingerprint density at radius 3 is 2.65 bits per heavy atom. The number of nitrogens with zero attached hydrogens (tertiary/aromatic N) is 2. The topological polar surface area (TPSA) is 35.0 Å². The van der Waals surface area contributed by atoms with Gasteiger partial charge in [0, 0.05) is 12.0 Å². The summed E-state index contributed by atoms with van der Waals surface area (Å²) < 4.78 is 41.3. The number of rotatable bonds is 4. The maximum Gasteiger partial charge on any atom is 0.392 e. The Kier molecular flexibility index (Phi) is 3.56. The van der Waals surface area contributed by atoms with E-state index in [1.54, 1.807) is 0 Å². The molecule has 0 radical (unpaired) electrons. The Hall–Kier alpha value is -0.850. The summed E-state index contributed by atoms with van der Waals surface area (Å²) in [6, 6.07) is 1.47. The van der Waals surface area contributed by atoms with Crippen molar-refractivity contribution >= 4 is 15.9 Å². The highest BCUT2D eigenvalue weighted by molar-refractivity contribution is 9.10. The molecule has 0 aliphatic heterocycles. The Morgan fingerprint density at radius 1 is 1.35 bits per heavy atom. The lowest BCUT2D eigenvalue weighted by atomic mass is 10.4. The predicted octanol–water partition coefficient (Wildman–Crippen LogP) is 3.45. The van der Waals surface area contributed by atoms with E-state index < -0.39 is 19.2 Å². The van der Waals surface area contributed by atoms with Crippen molar-refractivity contribution in [3.63, 3.8) is 0 Å². The van der Waals surface area contributed by atoms with Crippen LogP contribution >= 0.6 is 15.9 Å². The van der Waals surface area contributed by atoms with Gasteiger partial charge in [0.25, 0.3) is 0 Å². The summed E-state index contributed by atoms with van der Waals surface area (Å²) in [5.41, 5.74) is 0. The summed E-state index contributed by atoms with van der Waals surface area (Å²) in [4.78, 5) is 8.24. The molecule has 7 heteroatoms. The van der Waals surface area contributed by atoms with Crippen LogP contribution < -0.4 is 4.74 Å². The van der Waals surface area contributed by atoms with Crippen molar-refractivity contribution < 1.29 is 17.9 Å². The van der Waals surface area contributed by atoms with E-state index in [0.717, 1.165) is 12.8 Å². The van der Waals surface area contributed by atoms with Crippen LogP contribution in [0.25, 0.3) is 0 Å². The van der Waals surface area contributed by atoms with E-state index >= 15 is 0 Å². The van der Waals surface area contributed by atoms with Gasteiger partial charge < -0.3 is 4.74 Å². The molecule has 0 atom stereocenters. The number of alkyl halides is 3. The van der Waals surface area contributed by atoms with Gasteiger partial charge in [-0.2, -0.15) is 18.2 Å². The molecule has 0 bridgehead atoms. The van der Waals surface area contributed by atoms with Crippen LogP contribution in [-0.2, 0) is 0 Å². The molecule has 1 aromatic heterocycles. The highest BCUT2D eigenvalue weighted by atomic mass is 79.9. The van der Waals surface area contributed by atoms with Gasteiger partial charge in [0.15, 0.2) is 0 Å². The fraction of sp³-hybridized carbons (Fsp3) is 0.600. The normalized spacial score (nSPS) is 16.0. The number of hydrogen-bond acceptors (Lipinski definition) is 3. The Morgan fingerprint density at radius 2 is 2.06 bits per heavy atom. The molecule has 0 unspecified atom stereocenters. The smallest absolute Gasteiger partial charge is 0.392 e. The molecule has 0 aromatic carbocycles. The summed E-state index contributed by atoms with van der Waals surface area (Å²) in [6.45, 7) is -0.420. The van der Waals surface area contributed by atoms with E-state index in [4.69, 9.17) is 4.74 Å². The Labute approximate surface area is 105 Å². The number of aromatic nitrogens is 2. The highest BCUT2D eigenvalue weighted by Crippen LogP contribution is 2.39. The van der Waals surface area contributed by atoms with Crippen LogP contribution in [0.2, 0.25) is 0 Å². The van der Waals surface area contributed by atoms with Crippen molar-refractivity contribution in [2.45, 2.75) is 31.4 Å². The molecule has 1 fully saturated rings. The van der Waals surface area contributed by atoms with Crippen LogP contribution in [0.5, 0.6) is 5.88 Å². The highest BCUT2D eigenvalue weighted by Gasteiger charge is 2.28. The fourth-order valence-corrected chi connectivity index (χ4v) is 1.66. The average molecular weight is 311 g/mol. The van der Waals surface area contributed by atoms with Crippen LogP contribution in [0, 0.1) is 0 Å². The number of halogens is 4. The minimum absolute atomic E-state index is 0.193. The van der Waals surface area contributed by atoms with Crippen molar-refractivity contribution in [1.29, 1.82) is 0 Å². The van der Waals surface area contributed by atoms with Gasteiger partial charge in [-0.3, -0.25) is 0 Å². The van der Waals surface area contributed by atoms with Gasteiger partial charge in [-0.25, -0.2) is 4.98 Å². The van der Waals surface area contributed by atoms with E-state index in [1.165, 1.54) is 6.07 Å². The Bertz CT molecular complexity index is 407. The first-order valence-electron chi connectivity index (χ1n) is 5.18. The third-order valence-corrected chi connectivity index (χ3v) is 2.67. The van der Waals surface area contributed by atoms with Gasteiger partial charge in [-0.05, 0) is 28.8 Å². The molecule has 0 amide bonds. The van der Waals surface area contributed by atoms with Gasteiger partial charge in [0.05, 0.1) is 13.0 Å². The molecule has 0 saturated heterocycles. The van der Waals surface area contributed by atoms with Gasteiger partial charge in [-0.15, -0.1) is 0 Å². The second-order valence-electron chi connectivity index (χ2n) is 3.88. The van der Waals surface area contributed by atoms with Gasteiger partial charge in [0.2, 0.25) is 5.88 Å². The SMILES string of the molecule is FC(F)(F)CCOc1cc(Br)nc(C2CC2)n1. The summed E-state index contributed by atoms with van der Waals surface area (Å²) in [7, 11) is 0. The third kappa shape index (κ3) is 4.14. The summed E-state index contributed by atoms with van der Waals surface area (Å²) in [5.74, 6) is 1.16. The van der Waals surface area contributed by atoms with Crippen molar-refractivity contribution in [1.82, 2.24) is 9.97 Å². The van der Waals surface area contributed by atoms with Crippen molar-refractivity contribution in [2.75, 3.05) is 6.61 Å². The van der Waals surface area contributed by atoms with E-state index in [-0.39, 0.29) is 5.88 Å². The Balaban J connectivity index is 1.95. The van der Waals surface area contributed by atoms with Crippen LogP contribution in [0.3, 0.4) is 0 Å². The van der Waals surface area contributed by atoms with Gasteiger partial charge >= 0.3 is 6.18 Å². The minimum Gasteiger partial charge on any atom is -0.477 e. The molecule has 2 rings (SSSR count). The lowest BCUT2D eigenvalue weighted by Crippen LogP contribution is -2.13. The van der Waals surface area contributed by atoms with E-state index in [1.807, 2.05) is 0 Å². The second-order valence-corrected chi connectivity index (χ2v) is 4.69. The van der Waals surface area contributed by atoms with Gasteiger partial charge in [-0.1, -0.05) is 0 Å². The van der Waals surface area contributed by atoms with E-state index in [9.17, 15) is 13.2 Å². The molecule has 0 N–H and O–H groups in total. The molecule has 94 valence electrons. The van der Waals surface area contributed by atoms with Crippen molar-refractivity contribution in [2.24, 2.45) is 0 Å². The molecular weight excluding hydrogens is 301 g/mol. The zero-order valence-electron chi connectivity index (χ0n) is 8.80. The standard InChI is InChI=1S/C10H10BrF3N2O/c11-7-5-8(17-4-3-10(12,13)14)16-9(15-7)6-1-2-6/h5-6H,1-4H2. The van der Waals surface area contributed by atoms with Crippen molar-refractivity contribution in [3.05, 3.63) is 16.5 Å².